The van der Waals surface area contributed by atoms with Gasteiger partial charge in [0.1, 0.15) is 0 Å². The van der Waals surface area contributed by atoms with Gasteiger partial charge < -0.3 is 0 Å². The van der Waals surface area contributed by atoms with Crippen LogP contribution in [-0.4, -0.2) is 10.9 Å². The lowest BCUT2D eigenvalue weighted by molar-refractivity contribution is -0.109. The molecule has 78 valence electrons. The van der Waals surface area contributed by atoms with Gasteiger partial charge in [0.05, 0.1) is 0 Å². The maximum Gasteiger partial charge on any atom is 0.186 e. The van der Waals surface area contributed by atoms with Gasteiger partial charge in [0, 0.05) is 12.7 Å². The fourth-order valence-corrected chi connectivity index (χ4v) is 2.10. The Labute approximate surface area is 94.6 Å². The Morgan fingerprint density at radius 3 is 2.80 bits per heavy atom. The second kappa shape index (κ2) is 4.67. The smallest absolute Gasteiger partial charge is 0.186 e. The zero-order chi connectivity index (χ0) is 10.7. The predicted octanol–water partition coefficient (Wildman–Crippen LogP) is 3.08. The van der Waals surface area contributed by atoms with Crippen LogP contribution >= 0.6 is 11.8 Å². The molecule has 2 heteroatoms. The summed E-state index contributed by atoms with van der Waals surface area (Å²) in [4.78, 5) is 10.7. The zero-order valence-corrected chi connectivity index (χ0v) is 9.64. The van der Waals surface area contributed by atoms with Crippen LogP contribution in [0.1, 0.15) is 23.6 Å². The highest BCUT2D eigenvalue weighted by molar-refractivity contribution is 8.13. The topological polar surface area (TPSA) is 17.1 Å². The molecule has 0 saturated carbocycles. The van der Waals surface area contributed by atoms with Crippen molar-refractivity contribution in [1.29, 1.82) is 0 Å². The molecule has 0 amide bonds. The second-order valence-electron chi connectivity index (χ2n) is 3.73. The van der Waals surface area contributed by atoms with E-state index in [9.17, 15) is 4.79 Å². The fourth-order valence-electron chi connectivity index (χ4n) is 1.67. The minimum Gasteiger partial charge on any atom is -0.288 e. The van der Waals surface area contributed by atoms with E-state index in [-0.39, 0.29) is 5.12 Å². The highest BCUT2D eigenvalue weighted by Crippen LogP contribution is 2.24. The van der Waals surface area contributed by atoms with Crippen molar-refractivity contribution in [2.45, 2.75) is 19.8 Å². The van der Waals surface area contributed by atoms with Crippen molar-refractivity contribution in [2.75, 3.05) is 5.75 Å². The van der Waals surface area contributed by atoms with Crippen LogP contribution in [0, 0.1) is 0 Å². The monoisotopic (exact) mass is 218 g/mol. The van der Waals surface area contributed by atoms with Crippen molar-refractivity contribution in [3.63, 3.8) is 0 Å². The first-order valence-corrected chi connectivity index (χ1v) is 6.16. The number of fused-ring (bicyclic) bond motifs is 1. The van der Waals surface area contributed by atoms with Gasteiger partial charge >= 0.3 is 0 Å². The molecule has 0 radical (unpaired) electrons. The predicted molar refractivity (Wildman–Crippen MR) is 66.0 cm³/mol. The average molecular weight is 218 g/mol. The molecule has 15 heavy (non-hydrogen) atoms. The molecule has 0 aromatic heterocycles. The van der Waals surface area contributed by atoms with Crippen molar-refractivity contribution in [1.82, 2.24) is 0 Å². The minimum absolute atomic E-state index is 0.178. The molecule has 0 fully saturated rings. The van der Waals surface area contributed by atoms with Crippen molar-refractivity contribution >= 4 is 23.0 Å². The quantitative estimate of drug-likeness (QED) is 0.775. The third-order valence-electron chi connectivity index (χ3n) is 2.59. The lowest BCUT2D eigenvalue weighted by Gasteiger charge is -2.18. The first-order chi connectivity index (χ1) is 7.25. The summed E-state index contributed by atoms with van der Waals surface area (Å²) in [5, 5.41) is 0.178. The highest BCUT2D eigenvalue weighted by Gasteiger charge is 2.11. The molecule has 0 spiro atoms. The second-order valence-corrected chi connectivity index (χ2v) is 4.93. The molecule has 0 heterocycles. The first-order valence-electron chi connectivity index (χ1n) is 5.17. The zero-order valence-electron chi connectivity index (χ0n) is 8.82. The summed E-state index contributed by atoms with van der Waals surface area (Å²) in [6, 6.07) is 6.59. The maximum atomic E-state index is 10.7. The van der Waals surface area contributed by atoms with Crippen LogP contribution in [0.4, 0.5) is 0 Å². The van der Waals surface area contributed by atoms with Crippen LogP contribution < -0.4 is 0 Å². The van der Waals surface area contributed by atoms with Crippen LogP contribution in [0.15, 0.2) is 24.3 Å². The van der Waals surface area contributed by atoms with Gasteiger partial charge in [-0.1, -0.05) is 42.1 Å². The number of carbonyl (C=O) groups excluding carboxylic acids is 1. The minimum atomic E-state index is 0.178. The van der Waals surface area contributed by atoms with Gasteiger partial charge in [0.25, 0.3) is 0 Å². The number of hydrogen-bond donors (Lipinski definition) is 0. The SMILES string of the molecule is CC(=O)SCC=Cc1ccc2c(c1)CC2. The van der Waals surface area contributed by atoms with Gasteiger partial charge in [-0.05, 0) is 29.5 Å². The van der Waals surface area contributed by atoms with E-state index in [0.29, 0.717) is 0 Å². The fraction of sp³-hybridized carbons (Fsp3) is 0.308. The van der Waals surface area contributed by atoms with Crippen molar-refractivity contribution in [2.24, 2.45) is 0 Å². The maximum absolute atomic E-state index is 10.7. The molecule has 2 rings (SSSR count). The van der Waals surface area contributed by atoms with E-state index < -0.39 is 0 Å². The summed E-state index contributed by atoms with van der Waals surface area (Å²) in [6.07, 6.45) is 6.60. The van der Waals surface area contributed by atoms with Gasteiger partial charge in [-0.3, -0.25) is 4.79 Å². The largest absolute Gasteiger partial charge is 0.288 e. The molecule has 1 aromatic carbocycles. The summed E-state index contributed by atoms with van der Waals surface area (Å²) in [7, 11) is 0. The Morgan fingerprint density at radius 2 is 2.20 bits per heavy atom. The highest BCUT2D eigenvalue weighted by atomic mass is 32.2. The van der Waals surface area contributed by atoms with E-state index in [0.717, 1.165) is 5.75 Å². The van der Waals surface area contributed by atoms with E-state index in [1.165, 1.54) is 41.3 Å². The Bertz CT molecular complexity index is 407. The van der Waals surface area contributed by atoms with Crippen molar-refractivity contribution in [3.8, 4) is 0 Å². The third kappa shape index (κ3) is 2.72. The van der Waals surface area contributed by atoms with E-state index in [1.54, 1.807) is 6.92 Å². The molecule has 0 aliphatic heterocycles. The number of thioether (sulfide) groups is 1. The van der Waals surface area contributed by atoms with Crippen LogP contribution in [-0.2, 0) is 17.6 Å². The summed E-state index contributed by atoms with van der Waals surface area (Å²) >= 11 is 1.35. The van der Waals surface area contributed by atoms with Gasteiger partial charge in [-0.25, -0.2) is 0 Å². The summed E-state index contributed by atoms with van der Waals surface area (Å²) < 4.78 is 0. The Kier molecular flexibility index (Phi) is 3.27. The lowest BCUT2D eigenvalue weighted by Crippen LogP contribution is -2.07. The molecule has 1 nitrogen and oxygen atoms in total. The Morgan fingerprint density at radius 1 is 1.40 bits per heavy atom. The van der Waals surface area contributed by atoms with E-state index in [4.69, 9.17) is 0 Å². The van der Waals surface area contributed by atoms with Gasteiger partial charge in [0.15, 0.2) is 5.12 Å². The lowest BCUT2D eigenvalue weighted by atomic mass is 9.87. The van der Waals surface area contributed by atoms with E-state index >= 15 is 0 Å². The normalized spacial score (nSPS) is 13.7. The van der Waals surface area contributed by atoms with Crippen molar-refractivity contribution < 1.29 is 4.79 Å². The third-order valence-corrected chi connectivity index (χ3v) is 3.35. The standard InChI is InChI=1S/C13H14OS/c1-10(14)15-8-2-3-11-4-5-12-6-7-13(12)9-11/h2-5,9H,6-8H2,1H3. The molecular formula is C13H14OS. The van der Waals surface area contributed by atoms with Crippen LogP contribution in [0.5, 0.6) is 0 Å². The molecule has 0 unspecified atom stereocenters. The molecule has 0 atom stereocenters. The van der Waals surface area contributed by atoms with Crippen LogP contribution in [0.3, 0.4) is 0 Å². The number of aryl methyl sites for hydroxylation is 2. The average Bonchev–Trinajstić information content (AvgIpc) is 2.16. The molecule has 1 aliphatic carbocycles. The first kappa shape index (κ1) is 10.5. The number of carbonyl (C=O) groups is 1. The molecule has 0 saturated heterocycles. The number of hydrogen-bond acceptors (Lipinski definition) is 2. The summed E-state index contributed by atoms with van der Waals surface area (Å²) in [6.45, 7) is 1.60. The van der Waals surface area contributed by atoms with Gasteiger partial charge in [0.2, 0.25) is 0 Å². The number of benzene rings is 1. The molecule has 0 N–H and O–H groups in total. The van der Waals surface area contributed by atoms with Gasteiger partial charge in [-0.2, -0.15) is 0 Å². The molecule has 1 aliphatic rings. The molecular weight excluding hydrogens is 204 g/mol. The number of rotatable bonds is 3. The van der Waals surface area contributed by atoms with Crippen LogP contribution in [0.25, 0.3) is 6.08 Å². The Balaban J connectivity index is 1.93. The molecule has 0 bridgehead atoms. The van der Waals surface area contributed by atoms with E-state index in [1.807, 2.05) is 6.08 Å². The Hall–Kier alpha value is -1.02. The van der Waals surface area contributed by atoms with E-state index in [2.05, 4.69) is 24.3 Å². The summed E-state index contributed by atoms with van der Waals surface area (Å²) in [5.74, 6) is 0.770. The van der Waals surface area contributed by atoms with Crippen molar-refractivity contribution in [3.05, 3.63) is 41.0 Å². The van der Waals surface area contributed by atoms with Gasteiger partial charge in [-0.15, -0.1) is 0 Å². The summed E-state index contributed by atoms with van der Waals surface area (Å²) in [5.41, 5.74) is 4.22. The molecule has 1 aromatic rings. The van der Waals surface area contributed by atoms with Crippen LogP contribution in [0.2, 0.25) is 0 Å².